The second kappa shape index (κ2) is 10.8. The first-order valence-electron chi connectivity index (χ1n) is 4.43. The summed E-state index contributed by atoms with van der Waals surface area (Å²) in [5.74, 6) is -1.51. The molecule has 0 spiro atoms. The van der Waals surface area contributed by atoms with Crippen LogP contribution in [0.4, 0.5) is 17.6 Å². The molecule has 0 aromatic carbocycles. The normalized spacial score (nSPS) is 12.2. The predicted octanol–water partition coefficient (Wildman–Crippen LogP) is 3.40. The molecule has 15 heavy (non-hydrogen) atoms. The Bertz CT molecular complexity index is 119. The van der Waals surface area contributed by atoms with E-state index in [1.165, 1.54) is 6.92 Å². The summed E-state index contributed by atoms with van der Waals surface area (Å²) in [5, 5.41) is 0. The molecule has 90 valence electrons. The Hall–Kier alpha value is -1.32. The van der Waals surface area contributed by atoms with Crippen LogP contribution >= 0.6 is 0 Å². The molecule has 0 fully saturated rings. The number of hydrogen-bond acceptors (Lipinski definition) is 1. The van der Waals surface area contributed by atoms with E-state index in [4.69, 9.17) is 4.74 Å². The molecule has 0 bridgehead atoms. The summed E-state index contributed by atoms with van der Waals surface area (Å²) in [5.41, 5.74) is 0. The van der Waals surface area contributed by atoms with Gasteiger partial charge in [0, 0.05) is 13.2 Å². The van der Waals surface area contributed by atoms with Gasteiger partial charge in [-0.25, -0.2) is 0 Å². The monoisotopic (exact) mass is 484 g/mol. The van der Waals surface area contributed by atoms with Crippen LogP contribution in [-0.2, 0) is 4.74 Å². The molecular weight excluding hydrogens is 467 g/mol. The van der Waals surface area contributed by atoms with Crippen LogP contribution in [0.2, 0.25) is 0 Å². The van der Waals surface area contributed by atoms with Crippen LogP contribution < -0.4 is 0 Å². The molecule has 1 unspecified atom stereocenters. The average molecular weight is 484 g/mol. The summed E-state index contributed by atoms with van der Waals surface area (Å²) in [6, 6.07) is 0. The maximum absolute atomic E-state index is 11.8. The third kappa shape index (κ3) is 15.4. The zero-order valence-electron chi connectivity index (χ0n) is 9.24. The molecule has 0 aromatic heterocycles. The summed E-state index contributed by atoms with van der Waals surface area (Å²) >= 11 is 0. The Morgan fingerprint density at radius 3 is 1.93 bits per heavy atom. The summed E-state index contributed by atoms with van der Waals surface area (Å²) < 4.78 is 50.3. The standard InChI is InChI=1S/C7H12F3O.C2H5F.Rf/c1-3-11-5-4-6(2)7(8,9)10;1-2-3;/h6H,2-5H2,1H3;2H2,1H3;/q-1;;. The SMILES string of the molecule is CCF.[CH2-]C(CCOCC)C(F)(F)F.[Rf]. The van der Waals surface area contributed by atoms with Gasteiger partial charge >= 0.3 is 6.18 Å². The first kappa shape index (κ1) is 19.3. The van der Waals surface area contributed by atoms with E-state index in [2.05, 4.69) is 6.92 Å². The molecule has 0 aromatic rings. The summed E-state index contributed by atoms with van der Waals surface area (Å²) in [7, 11) is 0. The van der Waals surface area contributed by atoms with Crippen LogP contribution in [0.25, 0.3) is 0 Å². The minimum atomic E-state index is -4.18. The van der Waals surface area contributed by atoms with Crippen LogP contribution in [0, 0.1) is 12.8 Å². The summed E-state index contributed by atoms with van der Waals surface area (Å²) in [4.78, 5) is 0. The van der Waals surface area contributed by atoms with Gasteiger partial charge in [0.25, 0.3) is 0 Å². The minimum Gasteiger partial charge on any atom is -0.382 e. The van der Waals surface area contributed by atoms with Gasteiger partial charge in [-0.1, -0.05) is 5.92 Å². The van der Waals surface area contributed by atoms with E-state index >= 15 is 0 Å². The van der Waals surface area contributed by atoms with Crippen molar-refractivity contribution in [3.8, 4) is 0 Å². The fourth-order valence-electron chi connectivity index (χ4n) is 0.534. The molecule has 0 N–H and O–H groups in total. The van der Waals surface area contributed by atoms with Gasteiger partial charge in [0.2, 0.25) is 0 Å². The molecule has 0 saturated carbocycles. The summed E-state index contributed by atoms with van der Waals surface area (Å²) in [6.45, 7) is 6.50. The van der Waals surface area contributed by atoms with Crippen molar-refractivity contribution in [2.45, 2.75) is 26.4 Å². The fourth-order valence-corrected chi connectivity index (χ4v) is 0.534. The first-order valence-corrected chi connectivity index (χ1v) is 4.43. The van der Waals surface area contributed by atoms with Gasteiger partial charge in [-0.2, -0.15) is 13.2 Å². The Morgan fingerprint density at radius 1 is 1.27 bits per heavy atom. The molecule has 6 heteroatoms. The van der Waals surface area contributed by atoms with E-state index in [9.17, 15) is 17.6 Å². The Morgan fingerprint density at radius 2 is 1.67 bits per heavy atom. The molecule has 0 saturated heterocycles. The zero-order chi connectivity index (χ0) is 11.6. The van der Waals surface area contributed by atoms with Crippen molar-refractivity contribution in [3.05, 3.63) is 6.92 Å². The Labute approximate surface area is 82.4 Å². The van der Waals surface area contributed by atoms with Gasteiger partial charge in [0.15, 0.2) is 0 Å². The van der Waals surface area contributed by atoms with E-state index in [1.807, 2.05) is 0 Å². The Balaban J connectivity index is -0.000000320. The maximum Gasteiger partial charge on any atom is 0.365 e. The molecule has 0 aliphatic carbocycles. The molecule has 0 aliphatic heterocycles. The van der Waals surface area contributed by atoms with Crippen molar-refractivity contribution in [1.29, 1.82) is 0 Å². The zero-order valence-corrected chi connectivity index (χ0v) is 15.6. The molecular formula is C9H17F4ORf-. The molecule has 0 radical (unpaired) electrons. The van der Waals surface area contributed by atoms with Gasteiger partial charge in [0.05, 0.1) is 6.67 Å². The van der Waals surface area contributed by atoms with Gasteiger partial charge < -0.3 is 11.7 Å². The molecule has 1 atom stereocenters. The third-order valence-corrected chi connectivity index (χ3v) is 1.28. The third-order valence-electron chi connectivity index (χ3n) is 1.28. The van der Waals surface area contributed by atoms with E-state index < -0.39 is 12.1 Å². The minimum absolute atomic E-state index is 0. The molecule has 1 nitrogen and oxygen atoms in total. The van der Waals surface area contributed by atoms with Crippen molar-refractivity contribution < 1.29 is 22.3 Å². The predicted molar refractivity (Wildman–Crippen MR) is 47.7 cm³/mol. The van der Waals surface area contributed by atoms with E-state index in [-0.39, 0.29) is 19.7 Å². The van der Waals surface area contributed by atoms with Gasteiger partial charge in [0.1, 0.15) is 0 Å². The van der Waals surface area contributed by atoms with Gasteiger partial charge in [-0.3, -0.25) is 4.39 Å². The molecule has 0 amide bonds. The number of hydrogen-bond donors (Lipinski definition) is 0. The van der Waals surface area contributed by atoms with Crippen molar-refractivity contribution in [2.75, 3.05) is 19.9 Å². The maximum atomic E-state index is 11.8. The average Bonchev–Trinajstić information content (AvgIpc) is 2.04. The van der Waals surface area contributed by atoms with Gasteiger partial charge in [-0.15, -0.1) is 0 Å². The summed E-state index contributed by atoms with van der Waals surface area (Å²) in [6.07, 6.45) is -4.24. The number of rotatable bonds is 4. The van der Waals surface area contributed by atoms with Gasteiger partial charge in [-0.05, 0) is 20.3 Å². The van der Waals surface area contributed by atoms with Crippen LogP contribution in [0.15, 0.2) is 0 Å². The number of ether oxygens (including phenoxy) is 1. The molecule has 0 aliphatic rings. The molecule has 0 rings (SSSR count). The van der Waals surface area contributed by atoms with E-state index in [0.29, 0.717) is 6.61 Å². The van der Waals surface area contributed by atoms with Crippen LogP contribution in [0.1, 0.15) is 20.3 Å². The van der Waals surface area contributed by atoms with Crippen LogP contribution in [0.3, 0.4) is 0 Å². The number of halogens is 4. The second-order valence-electron chi connectivity index (χ2n) is 2.49. The van der Waals surface area contributed by atoms with Crippen LogP contribution in [-0.4, -0.2) is 26.1 Å². The van der Waals surface area contributed by atoms with E-state index in [0.717, 1.165) is 0 Å². The van der Waals surface area contributed by atoms with Crippen molar-refractivity contribution >= 4 is 0 Å². The first-order chi connectivity index (χ1) is 6.40. The van der Waals surface area contributed by atoms with Crippen LogP contribution in [0.5, 0.6) is 0 Å². The van der Waals surface area contributed by atoms with E-state index in [1.54, 1.807) is 6.92 Å². The van der Waals surface area contributed by atoms with Crippen molar-refractivity contribution in [1.82, 2.24) is 0 Å². The largest absolute Gasteiger partial charge is 0.382 e. The fraction of sp³-hybridized carbons (Fsp3) is 0.889. The topological polar surface area (TPSA) is 9.23 Å². The second-order valence-corrected chi connectivity index (χ2v) is 2.49. The van der Waals surface area contributed by atoms with Crippen molar-refractivity contribution in [3.63, 3.8) is 0 Å². The smallest absolute Gasteiger partial charge is 0.365 e. The number of alkyl halides is 4. The quantitative estimate of drug-likeness (QED) is 0.338. The van der Waals surface area contributed by atoms with Crippen molar-refractivity contribution in [2.24, 2.45) is 5.92 Å². The molecule has 0 heterocycles. The Kier molecular flexibility index (Phi) is 13.8.